The van der Waals surface area contributed by atoms with Gasteiger partial charge in [-0.1, -0.05) is 42.5 Å². The molecule has 30 heavy (non-hydrogen) atoms. The third-order valence-corrected chi connectivity index (χ3v) is 5.84. The van der Waals surface area contributed by atoms with Crippen molar-refractivity contribution >= 4 is 21.6 Å². The van der Waals surface area contributed by atoms with E-state index >= 15 is 0 Å². The largest absolute Gasteiger partial charge is 0.380 e. The van der Waals surface area contributed by atoms with E-state index < -0.39 is 10.0 Å². The van der Waals surface area contributed by atoms with Gasteiger partial charge in [0.25, 0.3) is 15.9 Å². The molecule has 7 heteroatoms. The molecule has 0 radical (unpaired) electrons. The summed E-state index contributed by atoms with van der Waals surface area (Å²) in [4.78, 5) is 12.6. The average molecular weight is 425 g/mol. The highest BCUT2D eigenvalue weighted by Crippen LogP contribution is 2.18. The van der Waals surface area contributed by atoms with E-state index in [0.29, 0.717) is 18.8 Å². The van der Waals surface area contributed by atoms with Gasteiger partial charge in [-0.05, 0) is 53.9 Å². The standard InChI is InChI=1S/C23H24N2O4S/c1-17-5-3-7-21(13-17)25-30(27,28)22-8-4-6-20(14-22)23(26)24-15-18-9-11-19(12-10-18)16-29-2/h3-14,25H,15-16H2,1-2H3,(H,24,26). The van der Waals surface area contributed by atoms with Gasteiger partial charge in [0.2, 0.25) is 0 Å². The van der Waals surface area contributed by atoms with Gasteiger partial charge < -0.3 is 10.1 Å². The molecule has 2 N–H and O–H groups in total. The number of carbonyl (C=O) groups excluding carboxylic acids is 1. The lowest BCUT2D eigenvalue weighted by atomic mass is 10.1. The van der Waals surface area contributed by atoms with Crippen molar-refractivity contribution in [3.8, 4) is 0 Å². The number of benzene rings is 3. The van der Waals surface area contributed by atoms with Crippen molar-refractivity contribution in [2.45, 2.75) is 25.0 Å². The molecule has 1 amide bonds. The molecule has 0 aromatic heterocycles. The highest BCUT2D eigenvalue weighted by atomic mass is 32.2. The molecular weight excluding hydrogens is 400 g/mol. The molecule has 0 unspecified atom stereocenters. The van der Waals surface area contributed by atoms with Crippen LogP contribution >= 0.6 is 0 Å². The van der Waals surface area contributed by atoms with Gasteiger partial charge >= 0.3 is 0 Å². The SMILES string of the molecule is COCc1ccc(CNC(=O)c2cccc(S(=O)(=O)Nc3cccc(C)c3)c2)cc1. The number of sulfonamides is 1. The van der Waals surface area contributed by atoms with Gasteiger partial charge in [0.05, 0.1) is 11.5 Å². The molecule has 156 valence electrons. The number of hydrogen-bond donors (Lipinski definition) is 2. The van der Waals surface area contributed by atoms with Crippen LogP contribution < -0.4 is 10.0 Å². The summed E-state index contributed by atoms with van der Waals surface area (Å²) in [5, 5.41) is 2.82. The Hall–Kier alpha value is -3.16. The maximum absolute atomic E-state index is 12.7. The van der Waals surface area contributed by atoms with Gasteiger partial charge in [-0.25, -0.2) is 8.42 Å². The highest BCUT2D eigenvalue weighted by Gasteiger charge is 2.16. The van der Waals surface area contributed by atoms with Crippen LogP contribution in [0.3, 0.4) is 0 Å². The Balaban J connectivity index is 1.68. The topological polar surface area (TPSA) is 84.5 Å². The number of amides is 1. The molecule has 3 rings (SSSR count). The molecule has 0 saturated carbocycles. The molecule has 0 aliphatic rings. The minimum absolute atomic E-state index is 0.0283. The van der Waals surface area contributed by atoms with Gasteiger partial charge in [0.1, 0.15) is 0 Å². The number of methoxy groups -OCH3 is 1. The lowest BCUT2D eigenvalue weighted by Gasteiger charge is -2.10. The second kappa shape index (κ2) is 9.56. The van der Waals surface area contributed by atoms with Crippen LogP contribution in [-0.4, -0.2) is 21.4 Å². The van der Waals surface area contributed by atoms with Crippen molar-refractivity contribution in [3.05, 3.63) is 95.1 Å². The maximum atomic E-state index is 12.7. The summed E-state index contributed by atoms with van der Waals surface area (Å²) in [7, 11) is -2.17. The van der Waals surface area contributed by atoms with Crippen LogP contribution in [0.25, 0.3) is 0 Å². The number of anilines is 1. The Morgan fingerprint density at radius 2 is 1.63 bits per heavy atom. The Labute approximate surface area is 177 Å². The second-order valence-corrected chi connectivity index (χ2v) is 8.62. The van der Waals surface area contributed by atoms with Gasteiger partial charge in [-0.3, -0.25) is 9.52 Å². The van der Waals surface area contributed by atoms with Crippen LogP contribution in [0.5, 0.6) is 0 Å². The van der Waals surface area contributed by atoms with E-state index in [1.54, 1.807) is 37.4 Å². The molecule has 0 spiro atoms. The zero-order chi connectivity index (χ0) is 21.6. The first-order valence-corrected chi connectivity index (χ1v) is 10.9. The Morgan fingerprint density at radius 1 is 0.933 bits per heavy atom. The van der Waals surface area contributed by atoms with Gasteiger partial charge in [-0.15, -0.1) is 0 Å². The molecule has 0 aliphatic carbocycles. The van der Waals surface area contributed by atoms with Gasteiger partial charge in [0, 0.05) is 24.9 Å². The fraction of sp³-hybridized carbons (Fsp3) is 0.174. The van der Waals surface area contributed by atoms with Crippen LogP contribution in [0.1, 0.15) is 27.0 Å². The van der Waals surface area contributed by atoms with E-state index in [-0.39, 0.29) is 16.4 Å². The Kier molecular flexibility index (Phi) is 6.87. The molecule has 0 bridgehead atoms. The lowest BCUT2D eigenvalue weighted by Crippen LogP contribution is -2.23. The van der Waals surface area contributed by atoms with Crippen molar-refractivity contribution in [2.75, 3.05) is 11.8 Å². The van der Waals surface area contributed by atoms with E-state index in [0.717, 1.165) is 16.7 Å². The lowest BCUT2D eigenvalue weighted by molar-refractivity contribution is 0.0950. The van der Waals surface area contributed by atoms with Crippen molar-refractivity contribution in [1.29, 1.82) is 0 Å². The zero-order valence-electron chi connectivity index (χ0n) is 16.9. The van der Waals surface area contributed by atoms with Crippen molar-refractivity contribution < 1.29 is 17.9 Å². The molecule has 0 atom stereocenters. The molecule has 3 aromatic carbocycles. The predicted molar refractivity (Wildman–Crippen MR) is 117 cm³/mol. The quantitative estimate of drug-likeness (QED) is 0.575. The third-order valence-electron chi connectivity index (χ3n) is 4.46. The van der Waals surface area contributed by atoms with Crippen molar-refractivity contribution in [2.24, 2.45) is 0 Å². The van der Waals surface area contributed by atoms with E-state index in [2.05, 4.69) is 10.0 Å². The Morgan fingerprint density at radius 3 is 2.33 bits per heavy atom. The van der Waals surface area contributed by atoms with Crippen LogP contribution in [0, 0.1) is 6.92 Å². The summed E-state index contributed by atoms with van der Waals surface area (Å²) in [6.45, 7) is 2.75. The summed E-state index contributed by atoms with van der Waals surface area (Å²) in [5.41, 5.74) is 3.68. The van der Waals surface area contributed by atoms with E-state index in [1.807, 2.05) is 37.3 Å². The smallest absolute Gasteiger partial charge is 0.261 e. The minimum atomic E-state index is -3.81. The molecule has 0 fully saturated rings. The summed E-state index contributed by atoms with van der Waals surface area (Å²) in [5.74, 6) is -0.344. The predicted octanol–water partition coefficient (Wildman–Crippen LogP) is 3.87. The summed E-state index contributed by atoms with van der Waals surface area (Å²) < 4.78 is 33.0. The monoisotopic (exact) mass is 424 g/mol. The number of aryl methyl sites for hydroxylation is 1. The average Bonchev–Trinajstić information content (AvgIpc) is 2.73. The van der Waals surface area contributed by atoms with Crippen molar-refractivity contribution in [3.63, 3.8) is 0 Å². The fourth-order valence-corrected chi connectivity index (χ4v) is 4.03. The molecule has 6 nitrogen and oxygen atoms in total. The number of hydrogen-bond acceptors (Lipinski definition) is 4. The van der Waals surface area contributed by atoms with E-state index in [4.69, 9.17) is 4.74 Å². The highest BCUT2D eigenvalue weighted by molar-refractivity contribution is 7.92. The Bertz CT molecular complexity index is 1130. The minimum Gasteiger partial charge on any atom is -0.380 e. The van der Waals surface area contributed by atoms with Crippen LogP contribution in [0.4, 0.5) is 5.69 Å². The second-order valence-electron chi connectivity index (χ2n) is 6.93. The first kappa shape index (κ1) is 21.5. The molecule has 3 aromatic rings. The zero-order valence-corrected chi connectivity index (χ0v) is 17.7. The third kappa shape index (κ3) is 5.68. The molecule has 0 heterocycles. The molecule has 0 aliphatic heterocycles. The first-order valence-electron chi connectivity index (χ1n) is 9.42. The van der Waals surface area contributed by atoms with E-state index in [1.165, 1.54) is 12.1 Å². The first-order chi connectivity index (χ1) is 14.4. The fourth-order valence-electron chi connectivity index (χ4n) is 2.93. The summed E-state index contributed by atoms with van der Waals surface area (Å²) in [6.07, 6.45) is 0. The van der Waals surface area contributed by atoms with E-state index in [9.17, 15) is 13.2 Å². The number of nitrogens with one attached hydrogen (secondary N) is 2. The van der Waals surface area contributed by atoms with Crippen molar-refractivity contribution in [1.82, 2.24) is 5.32 Å². The number of ether oxygens (including phenoxy) is 1. The molecule has 0 saturated heterocycles. The van der Waals surface area contributed by atoms with Crippen LogP contribution in [-0.2, 0) is 27.9 Å². The summed E-state index contributed by atoms with van der Waals surface area (Å²) >= 11 is 0. The maximum Gasteiger partial charge on any atom is 0.261 e. The normalized spacial score (nSPS) is 11.1. The van der Waals surface area contributed by atoms with Gasteiger partial charge in [0.15, 0.2) is 0 Å². The summed E-state index contributed by atoms with van der Waals surface area (Å²) in [6, 6.07) is 20.8. The number of rotatable bonds is 8. The van der Waals surface area contributed by atoms with Gasteiger partial charge in [-0.2, -0.15) is 0 Å². The molecular formula is C23H24N2O4S. The van der Waals surface area contributed by atoms with Crippen LogP contribution in [0.2, 0.25) is 0 Å². The van der Waals surface area contributed by atoms with Crippen LogP contribution in [0.15, 0.2) is 77.7 Å². The number of carbonyl (C=O) groups is 1.